The fourth-order valence-electron chi connectivity index (χ4n) is 1.12. The second-order valence-corrected chi connectivity index (χ2v) is 4.86. The highest BCUT2D eigenvalue weighted by Crippen LogP contribution is 2.18. The first-order chi connectivity index (χ1) is 5.98. The normalized spacial score (nSPS) is 14.5. The zero-order valence-electron chi connectivity index (χ0n) is 9.69. The molecule has 1 unspecified atom stereocenters. The lowest BCUT2D eigenvalue weighted by molar-refractivity contribution is 0.302. The number of nitrogens with one attached hydrogen (secondary N) is 1. The van der Waals surface area contributed by atoms with Crippen LogP contribution in [0.3, 0.4) is 0 Å². The highest BCUT2D eigenvalue weighted by molar-refractivity contribution is 4.77. The summed E-state index contributed by atoms with van der Waals surface area (Å²) >= 11 is 0. The maximum absolute atomic E-state index is 6.03. The van der Waals surface area contributed by atoms with E-state index in [4.69, 9.17) is 5.73 Å². The Morgan fingerprint density at radius 1 is 1.23 bits per heavy atom. The van der Waals surface area contributed by atoms with Gasteiger partial charge in [0.25, 0.3) is 0 Å². The average Bonchev–Trinajstić information content (AvgIpc) is 2.02. The maximum Gasteiger partial charge on any atom is 0.00997 e. The monoisotopic (exact) mass is 186 g/mol. The SMILES string of the molecule is CCCCNCCC(N)C(C)(C)C. The van der Waals surface area contributed by atoms with E-state index in [0.717, 1.165) is 19.5 Å². The van der Waals surface area contributed by atoms with Crippen molar-refractivity contribution in [3.63, 3.8) is 0 Å². The number of hydrogen-bond donors (Lipinski definition) is 2. The molecule has 2 heteroatoms. The van der Waals surface area contributed by atoms with E-state index in [1.165, 1.54) is 12.8 Å². The summed E-state index contributed by atoms with van der Waals surface area (Å²) in [6.45, 7) is 11.0. The molecule has 0 aliphatic rings. The Hall–Kier alpha value is -0.0800. The van der Waals surface area contributed by atoms with Crippen LogP contribution in [-0.4, -0.2) is 19.1 Å². The lowest BCUT2D eigenvalue weighted by Gasteiger charge is -2.27. The predicted molar refractivity (Wildman–Crippen MR) is 59.8 cm³/mol. The number of rotatable bonds is 6. The van der Waals surface area contributed by atoms with E-state index in [9.17, 15) is 0 Å². The van der Waals surface area contributed by atoms with Crippen LogP contribution in [0, 0.1) is 5.41 Å². The van der Waals surface area contributed by atoms with Gasteiger partial charge in [0.05, 0.1) is 0 Å². The Labute approximate surface area is 83.3 Å². The van der Waals surface area contributed by atoms with Gasteiger partial charge in [0.15, 0.2) is 0 Å². The van der Waals surface area contributed by atoms with Gasteiger partial charge in [0.1, 0.15) is 0 Å². The highest BCUT2D eigenvalue weighted by atomic mass is 14.9. The Kier molecular flexibility index (Phi) is 6.35. The van der Waals surface area contributed by atoms with Crippen molar-refractivity contribution in [2.24, 2.45) is 11.1 Å². The van der Waals surface area contributed by atoms with Crippen molar-refractivity contribution in [3.05, 3.63) is 0 Å². The molecule has 0 aromatic rings. The van der Waals surface area contributed by atoms with Crippen molar-refractivity contribution < 1.29 is 0 Å². The summed E-state index contributed by atoms with van der Waals surface area (Å²) in [5.74, 6) is 0. The van der Waals surface area contributed by atoms with Crippen LogP contribution in [0.4, 0.5) is 0 Å². The van der Waals surface area contributed by atoms with Crippen LogP contribution in [0.2, 0.25) is 0 Å². The third-order valence-corrected chi connectivity index (χ3v) is 2.45. The average molecular weight is 186 g/mol. The first kappa shape index (κ1) is 12.9. The summed E-state index contributed by atoms with van der Waals surface area (Å²) in [5, 5.41) is 3.41. The third-order valence-electron chi connectivity index (χ3n) is 2.45. The van der Waals surface area contributed by atoms with E-state index in [1.807, 2.05) is 0 Å². The second kappa shape index (κ2) is 6.39. The molecule has 13 heavy (non-hydrogen) atoms. The fourth-order valence-corrected chi connectivity index (χ4v) is 1.12. The minimum Gasteiger partial charge on any atom is -0.327 e. The molecular weight excluding hydrogens is 160 g/mol. The lowest BCUT2D eigenvalue weighted by Crippen LogP contribution is -2.37. The molecular formula is C11H26N2. The van der Waals surface area contributed by atoms with Crippen LogP contribution in [0.5, 0.6) is 0 Å². The van der Waals surface area contributed by atoms with E-state index in [0.29, 0.717) is 6.04 Å². The molecule has 0 amide bonds. The van der Waals surface area contributed by atoms with Crippen LogP contribution >= 0.6 is 0 Å². The molecule has 0 saturated heterocycles. The van der Waals surface area contributed by atoms with Crippen LogP contribution in [0.15, 0.2) is 0 Å². The second-order valence-electron chi connectivity index (χ2n) is 4.86. The van der Waals surface area contributed by atoms with Gasteiger partial charge in [-0.2, -0.15) is 0 Å². The van der Waals surface area contributed by atoms with Gasteiger partial charge in [-0.3, -0.25) is 0 Å². The van der Waals surface area contributed by atoms with Crippen LogP contribution in [-0.2, 0) is 0 Å². The molecule has 0 rings (SSSR count). The van der Waals surface area contributed by atoms with Gasteiger partial charge in [-0.15, -0.1) is 0 Å². The number of unbranched alkanes of at least 4 members (excludes halogenated alkanes) is 1. The molecule has 0 aliphatic heterocycles. The van der Waals surface area contributed by atoms with Gasteiger partial charge in [-0.25, -0.2) is 0 Å². The molecule has 0 aromatic carbocycles. The van der Waals surface area contributed by atoms with E-state index < -0.39 is 0 Å². The van der Waals surface area contributed by atoms with Crippen LogP contribution in [0.25, 0.3) is 0 Å². The van der Waals surface area contributed by atoms with E-state index in [2.05, 4.69) is 33.0 Å². The molecule has 0 aromatic heterocycles. The molecule has 0 bridgehead atoms. The van der Waals surface area contributed by atoms with Gasteiger partial charge in [-0.1, -0.05) is 34.1 Å². The summed E-state index contributed by atoms with van der Waals surface area (Å²) in [4.78, 5) is 0. The highest BCUT2D eigenvalue weighted by Gasteiger charge is 2.19. The number of nitrogens with two attached hydrogens (primary N) is 1. The Morgan fingerprint density at radius 2 is 1.85 bits per heavy atom. The van der Waals surface area contributed by atoms with Gasteiger partial charge in [-0.05, 0) is 31.3 Å². The third kappa shape index (κ3) is 7.03. The zero-order valence-corrected chi connectivity index (χ0v) is 9.69. The lowest BCUT2D eigenvalue weighted by atomic mass is 9.85. The van der Waals surface area contributed by atoms with E-state index in [-0.39, 0.29) is 5.41 Å². The molecule has 2 nitrogen and oxygen atoms in total. The number of hydrogen-bond acceptors (Lipinski definition) is 2. The largest absolute Gasteiger partial charge is 0.327 e. The predicted octanol–water partition coefficient (Wildman–Crippen LogP) is 2.14. The molecule has 0 aliphatic carbocycles. The summed E-state index contributed by atoms with van der Waals surface area (Å²) < 4.78 is 0. The molecule has 0 spiro atoms. The summed E-state index contributed by atoms with van der Waals surface area (Å²) in [5.41, 5.74) is 6.27. The van der Waals surface area contributed by atoms with E-state index >= 15 is 0 Å². The molecule has 3 N–H and O–H groups in total. The van der Waals surface area contributed by atoms with Gasteiger partial charge in [0, 0.05) is 6.04 Å². The molecule has 0 fully saturated rings. The van der Waals surface area contributed by atoms with Gasteiger partial charge in [0.2, 0.25) is 0 Å². The van der Waals surface area contributed by atoms with Crippen molar-refractivity contribution >= 4 is 0 Å². The quantitative estimate of drug-likeness (QED) is 0.624. The van der Waals surface area contributed by atoms with Crippen molar-refractivity contribution in [3.8, 4) is 0 Å². The minimum absolute atomic E-state index is 0.242. The molecule has 1 atom stereocenters. The standard InChI is InChI=1S/C11H26N2/c1-5-6-8-13-9-7-10(12)11(2,3)4/h10,13H,5-9,12H2,1-4H3. The van der Waals surface area contributed by atoms with Crippen molar-refractivity contribution in [1.29, 1.82) is 0 Å². The molecule has 80 valence electrons. The summed E-state index contributed by atoms with van der Waals surface area (Å²) in [7, 11) is 0. The topological polar surface area (TPSA) is 38.0 Å². The first-order valence-corrected chi connectivity index (χ1v) is 5.44. The van der Waals surface area contributed by atoms with E-state index in [1.54, 1.807) is 0 Å². The summed E-state index contributed by atoms with van der Waals surface area (Å²) in [6, 6.07) is 0.307. The summed E-state index contributed by atoms with van der Waals surface area (Å²) in [6.07, 6.45) is 3.61. The van der Waals surface area contributed by atoms with Crippen LogP contribution < -0.4 is 11.1 Å². The molecule has 0 heterocycles. The van der Waals surface area contributed by atoms with Crippen molar-refractivity contribution in [2.45, 2.75) is 53.0 Å². The van der Waals surface area contributed by atoms with Crippen molar-refractivity contribution in [1.82, 2.24) is 5.32 Å². The maximum atomic E-state index is 6.03. The molecule has 0 saturated carbocycles. The molecule has 0 radical (unpaired) electrons. The van der Waals surface area contributed by atoms with Crippen molar-refractivity contribution in [2.75, 3.05) is 13.1 Å². The smallest absolute Gasteiger partial charge is 0.00997 e. The van der Waals surface area contributed by atoms with Crippen LogP contribution in [0.1, 0.15) is 47.0 Å². The zero-order chi connectivity index (χ0) is 10.3. The fraction of sp³-hybridized carbons (Fsp3) is 1.00. The van der Waals surface area contributed by atoms with Gasteiger partial charge < -0.3 is 11.1 Å². The first-order valence-electron chi connectivity index (χ1n) is 5.44. The van der Waals surface area contributed by atoms with Gasteiger partial charge >= 0.3 is 0 Å². The Morgan fingerprint density at radius 3 is 2.31 bits per heavy atom. The Balaban J connectivity index is 3.32. The minimum atomic E-state index is 0.242. The Bertz CT molecular complexity index is 116.